The van der Waals surface area contributed by atoms with Crippen molar-refractivity contribution in [3.05, 3.63) is 102 Å². The van der Waals surface area contributed by atoms with E-state index in [-0.39, 0.29) is 11.6 Å². The maximum atomic E-state index is 12.9. The third-order valence-electron chi connectivity index (χ3n) is 5.12. The van der Waals surface area contributed by atoms with Gasteiger partial charge in [0.25, 0.3) is 0 Å². The van der Waals surface area contributed by atoms with Gasteiger partial charge in [-0.2, -0.15) is 0 Å². The maximum Gasteiger partial charge on any atom is 0.230 e. The Labute approximate surface area is 206 Å². The van der Waals surface area contributed by atoms with Crippen LogP contribution in [0.3, 0.4) is 0 Å². The maximum absolute atomic E-state index is 12.9. The molecule has 4 heterocycles. The summed E-state index contributed by atoms with van der Waals surface area (Å²) in [6.07, 6.45) is 10.6. The summed E-state index contributed by atoms with van der Waals surface area (Å²) in [4.78, 5) is 17.0. The number of hydrogen-bond acceptors (Lipinski definition) is 5. The van der Waals surface area contributed by atoms with E-state index < -0.39 is 0 Å². The number of halogens is 3. The molecule has 0 N–H and O–H groups in total. The van der Waals surface area contributed by atoms with E-state index >= 15 is 0 Å². The zero-order valence-corrected chi connectivity index (χ0v) is 19.9. The number of methoxy groups -OCH3 is 1. The molecule has 0 fully saturated rings. The van der Waals surface area contributed by atoms with Gasteiger partial charge < -0.3 is 9.14 Å². The largest absolute Gasteiger partial charge is 0.480 e. The smallest absolute Gasteiger partial charge is 0.230 e. The minimum atomic E-state index is -0.258. The molecular formula is C25H17BrF2N6O. The first-order valence-corrected chi connectivity index (χ1v) is 11.2. The molecule has 0 radical (unpaired) electrons. The van der Waals surface area contributed by atoms with E-state index in [0.29, 0.717) is 5.88 Å². The summed E-state index contributed by atoms with van der Waals surface area (Å²) in [5.74, 6) is 0.0123. The minimum Gasteiger partial charge on any atom is -0.480 e. The number of rotatable bonds is 3. The predicted octanol–water partition coefficient (Wildman–Crippen LogP) is 5.84. The highest BCUT2D eigenvalue weighted by molar-refractivity contribution is 9.10. The summed E-state index contributed by atoms with van der Waals surface area (Å²) in [7, 11) is 1.56. The second-order valence-corrected chi connectivity index (χ2v) is 8.25. The molecule has 7 nitrogen and oxygen atoms in total. The van der Waals surface area contributed by atoms with Gasteiger partial charge in [0.2, 0.25) is 5.88 Å². The van der Waals surface area contributed by atoms with Gasteiger partial charge in [-0.15, -0.1) is 0 Å². The van der Waals surface area contributed by atoms with E-state index in [2.05, 4.69) is 35.9 Å². The molecule has 0 amide bonds. The number of ether oxygens (including phenoxy) is 1. The van der Waals surface area contributed by atoms with Gasteiger partial charge in [-0.25, -0.2) is 28.7 Å². The first kappa shape index (κ1) is 22.6. The van der Waals surface area contributed by atoms with Crippen molar-refractivity contribution in [3.8, 4) is 28.4 Å². The second kappa shape index (κ2) is 9.59. The van der Waals surface area contributed by atoms with Crippen LogP contribution >= 0.6 is 15.9 Å². The van der Waals surface area contributed by atoms with Crippen LogP contribution in [0.2, 0.25) is 0 Å². The Morgan fingerprint density at radius 1 is 0.686 bits per heavy atom. The molecule has 2 aromatic carbocycles. The Kier molecular flexibility index (Phi) is 6.19. The van der Waals surface area contributed by atoms with Gasteiger partial charge in [0.05, 0.1) is 37.1 Å². The van der Waals surface area contributed by atoms with Crippen LogP contribution in [0.25, 0.3) is 33.8 Å². The number of nitrogens with zero attached hydrogens (tertiary/aromatic N) is 6. The molecule has 35 heavy (non-hydrogen) atoms. The van der Waals surface area contributed by atoms with Crippen molar-refractivity contribution in [2.24, 2.45) is 0 Å². The Morgan fingerprint density at radius 2 is 1.17 bits per heavy atom. The summed E-state index contributed by atoms with van der Waals surface area (Å²) >= 11 is 3.30. The van der Waals surface area contributed by atoms with E-state index in [9.17, 15) is 8.78 Å². The Morgan fingerprint density at radius 3 is 1.69 bits per heavy atom. The van der Waals surface area contributed by atoms with E-state index in [1.54, 1.807) is 50.0 Å². The third kappa shape index (κ3) is 5.02. The van der Waals surface area contributed by atoms with Crippen LogP contribution in [0.5, 0.6) is 5.88 Å². The van der Waals surface area contributed by atoms with Crippen LogP contribution in [0, 0.1) is 11.6 Å². The predicted molar refractivity (Wildman–Crippen MR) is 131 cm³/mol. The molecule has 0 spiro atoms. The molecule has 0 atom stereocenters. The highest BCUT2D eigenvalue weighted by atomic mass is 79.9. The molecule has 0 aliphatic carbocycles. The molecule has 0 unspecified atom stereocenters. The number of aromatic nitrogens is 6. The zero-order chi connectivity index (χ0) is 24.4. The first-order valence-electron chi connectivity index (χ1n) is 10.4. The lowest BCUT2D eigenvalue weighted by Crippen LogP contribution is -1.90. The molecule has 0 aliphatic rings. The molecule has 0 saturated heterocycles. The van der Waals surface area contributed by atoms with Gasteiger partial charge in [-0.3, -0.25) is 4.40 Å². The molecule has 4 aromatic heterocycles. The number of benzene rings is 2. The molecule has 6 rings (SSSR count). The molecule has 6 aromatic rings. The van der Waals surface area contributed by atoms with Crippen molar-refractivity contribution in [3.63, 3.8) is 0 Å². The van der Waals surface area contributed by atoms with Crippen LogP contribution in [0.1, 0.15) is 0 Å². The Balaban J connectivity index is 0.000000145. The summed E-state index contributed by atoms with van der Waals surface area (Å²) in [5, 5.41) is 0. The molecule has 0 saturated carbocycles. The fourth-order valence-electron chi connectivity index (χ4n) is 3.38. The Hall–Kier alpha value is -4.18. The van der Waals surface area contributed by atoms with E-state index in [4.69, 9.17) is 4.74 Å². The quantitative estimate of drug-likeness (QED) is 0.285. The summed E-state index contributed by atoms with van der Waals surface area (Å²) in [6, 6.07) is 12.5. The monoisotopic (exact) mass is 534 g/mol. The summed E-state index contributed by atoms with van der Waals surface area (Å²) in [6.45, 7) is 0. The van der Waals surface area contributed by atoms with Gasteiger partial charge in [0, 0.05) is 29.7 Å². The molecular weight excluding hydrogens is 518 g/mol. The van der Waals surface area contributed by atoms with Gasteiger partial charge in [-0.1, -0.05) is 0 Å². The molecule has 0 bridgehead atoms. The Bertz CT molecular complexity index is 1610. The van der Waals surface area contributed by atoms with Crippen LogP contribution in [-0.2, 0) is 0 Å². The molecule has 0 aliphatic heterocycles. The number of imidazole rings is 2. The van der Waals surface area contributed by atoms with Crippen molar-refractivity contribution in [2.45, 2.75) is 0 Å². The first-order chi connectivity index (χ1) is 17.0. The third-order valence-corrected chi connectivity index (χ3v) is 5.53. The van der Waals surface area contributed by atoms with Crippen LogP contribution in [0.4, 0.5) is 8.78 Å². The van der Waals surface area contributed by atoms with Gasteiger partial charge in [0.15, 0.2) is 11.3 Å². The zero-order valence-electron chi connectivity index (χ0n) is 18.3. The fourth-order valence-corrected chi connectivity index (χ4v) is 3.70. The van der Waals surface area contributed by atoms with Crippen LogP contribution in [0.15, 0.2) is 90.3 Å². The average molecular weight is 535 g/mol. The van der Waals surface area contributed by atoms with E-state index in [1.807, 2.05) is 27.4 Å². The highest BCUT2D eigenvalue weighted by Gasteiger charge is 2.06. The van der Waals surface area contributed by atoms with E-state index in [0.717, 1.165) is 38.4 Å². The van der Waals surface area contributed by atoms with Gasteiger partial charge >= 0.3 is 0 Å². The standard InChI is InChI=1S/C13H10FN3O.C12H7BrFN3/c1-18-13-8-17-7-11(16-12(17)6-15-13)9-2-4-10(14)5-3-9;13-11-7-17-6-10(16-12(17)5-15-11)8-1-3-9(14)4-2-8/h2-8H,1H3;1-7H. The number of fused-ring (bicyclic) bond motifs is 2. The SMILES string of the molecule is COc1cn2cc(-c3ccc(F)cc3)nc2cn1.Fc1ccc(-c2cn3cc(Br)ncc3n2)cc1. The lowest BCUT2D eigenvalue weighted by Gasteiger charge is -1.97. The van der Waals surface area contributed by atoms with Crippen molar-refractivity contribution < 1.29 is 13.5 Å². The molecule has 174 valence electrons. The normalized spacial score (nSPS) is 10.9. The number of hydrogen-bond donors (Lipinski definition) is 0. The summed E-state index contributed by atoms with van der Waals surface area (Å²) in [5.41, 5.74) is 4.78. The summed E-state index contributed by atoms with van der Waals surface area (Å²) < 4.78 is 35.2. The minimum absolute atomic E-state index is 0.248. The van der Waals surface area contributed by atoms with Crippen molar-refractivity contribution in [2.75, 3.05) is 7.11 Å². The van der Waals surface area contributed by atoms with Gasteiger partial charge in [-0.05, 0) is 64.5 Å². The van der Waals surface area contributed by atoms with Crippen LogP contribution < -0.4 is 4.74 Å². The van der Waals surface area contributed by atoms with Gasteiger partial charge in [0.1, 0.15) is 16.2 Å². The highest BCUT2D eigenvalue weighted by Crippen LogP contribution is 2.21. The second-order valence-electron chi connectivity index (χ2n) is 7.44. The van der Waals surface area contributed by atoms with Crippen LogP contribution in [-0.4, -0.2) is 35.8 Å². The topological polar surface area (TPSA) is 69.6 Å². The van der Waals surface area contributed by atoms with E-state index in [1.165, 1.54) is 24.3 Å². The average Bonchev–Trinajstić information content (AvgIpc) is 3.48. The lowest BCUT2D eigenvalue weighted by molar-refractivity contribution is 0.395. The van der Waals surface area contributed by atoms with Crippen molar-refractivity contribution >= 4 is 27.2 Å². The fraction of sp³-hybridized carbons (Fsp3) is 0.0400. The van der Waals surface area contributed by atoms with Crippen molar-refractivity contribution in [1.82, 2.24) is 28.7 Å². The molecule has 10 heteroatoms. The lowest BCUT2D eigenvalue weighted by atomic mass is 10.2. The van der Waals surface area contributed by atoms with Crippen molar-refractivity contribution in [1.29, 1.82) is 0 Å².